The van der Waals surface area contributed by atoms with Crippen molar-refractivity contribution in [2.24, 2.45) is 9.49 Å². The highest BCUT2D eigenvalue weighted by Gasteiger charge is 2.30. The highest BCUT2D eigenvalue weighted by molar-refractivity contribution is 7.88. The Hall–Kier alpha value is -7.44. The van der Waals surface area contributed by atoms with Gasteiger partial charge >= 0.3 is 0 Å². The van der Waals surface area contributed by atoms with Crippen molar-refractivity contribution >= 4 is 57.3 Å². The number of nitrogens with zero attached hydrogens (tertiary/aromatic N) is 2. The summed E-state index contributed by atoms with van der Waals surface area (Å²) in [7, 11) is -5.47. The Bertz CT molecular complexity index is 2730. The normalized spacial score (nSPS) is 11.0. The molecule has 0 radical (unpaired) electrons. The van der Waals surface area contributed by atoms with Crippen LogP contribution in [0.5, 0.6) is 0 Å². The van der Waals surface area contributed by atoms with Crippen molar-refractivity contribution in [2.45, 2.75) is 0 Å². The number of rotatable bonds is 8. The minimum absolute atomic E-state index is 0.759. The molecular formula is C58H42N2P2. The van der Waals surface area contributed by atoms with E-state index < -0.39 is 14.1 Å². The van der Waals surface area contributed by atoms with Crippen LogP contribution in [-0.4, -0.2) is 0 Å². The van der Waals surface area contributed by atoms with E-state index in [1.54, 1.807) is 0 Å². The van der Waals surface area contributed by atoms with Gasteiger partial charge in [-0.3, -0.25) is 9.49 Å². The quantitative estimate of drug-likeness (QED) is 0.108. The largest absolute Gasteiger partial charge is 0.252 e. The molecule has 9 aromatic carbocycles. The van der Waals surface area contributed by atoms with Crippen molar-refractivity contribution in [3.63, 3.8) is 0 Å². The molecule has 0 aromatic heterocycles. The summed E-state index contributed by atoms with van der Waals surface area (Å²) < 4.78 is 12.2. The number of hydrogen-bond acceptors (Lipinski definition) is 2. The fraction of sp³-hybridized carbons (Fsp3) is 0. The zero-order chi connectivity index (χ0) is 41.9. The van der Waals surface area contributed by atoms with Crippen molar-refractivity contribution in [2.75, 3.05) is 0 Å². The minimum Gasteiger partial charge on any atom is -0.252 e. The molecule has 0 atom stereocenters. The zero-order valence-corrected chi connectivity index (χ0v) is 35.8. The predicted molar refractivity (Wildman–Crippen MR) is 266 cm³/mol. The van der Waals surface area contributed by atoms with E-state index in [4.69, 9.17) is 9.49 Å². The lowest BCUT2D eigenvalue weighted by atomic mass is 10.1. The van der Waals surface area contributed by atoms with E-state index in [1.807, 2.05) is 60.7 Å². The molecule has 62 heavy (non-hydrogen) atoms. The van der Waals surface area contributed by atoms with E-state index in [0.717, 1.165) is 65.5 Å². The Labute approximate surface area is 365 Å². The van der Waals surface area contributed by atoms with Crippen molar-refractivity contribution in [3.05, 3.63) is 277 Å². The first kappa shape index (κ1) is 40.0. The molecule has 294 valence electrons. The first-order valence-corrected chi connectivity index (χ1v) is 24.1. The van der Waals surface area contributed by atoms with Crippen LogP contribution in [0, 0.1) is 23.7 Å². The molecule has 4 heteroatoms. The predicted octanol–water partition coefficient (Wildman–Crippen LogP) is 12.1. The lowest BCUT2D eigenvalue weighted by molar-refractivity contribution is 1.45. The fourth-order valence-corrected chi connectivity index (χ4v) is 14.8. The standard InChI is InChI=1S/C58H42N2P2/c1-9-25-47(26-10-1)41-43-49-45-50(44-42-48-27-11-2-12-28-48)58(60-62(54-35-19-6-20-36-54,55-37-21-7-22-38-55)56-39-23-8-24-40-56)46-57(49)59-61(51-29-13-3-14-30-51,52-31-15-4-16-32-52)53-33-17-5-18-34-53/h1-40,45-46H. The van der Waals surface area contributed by atoms with Gasteiger partial charge in [0.05, 0.1) is 36.6 Å². The van der Waals surface area contributed by atoms with Gasteiger partial charge in [0.1, 0.15) is 0 Å². The number of hydrogen-bond donors (Lipinski definition) is 0. The topological polar surface area (TPSA) is 24.7 Å². The van der Waals surface area contributed by atoms with Gasteiger partial charge < -0.3 is 0 Å². The molecule has 0 aliphatic carbocycles. The molecule has 0 fully saturated rings. The van der Waals surface area contributed by atoms with Crippen LogP contribution in [0.4, 0.5) is 11.4 Å². The molecule has 0 saturated heterocycles. The Morgan fingerprint density at radius 3 is 0.710 bits per heavy atom. The smallest absolute Gasteiger partial charge is 0.0804 e. The van der Waals surface area contributed by atoms with Gasteiger partial charge in [0, 0.05) is 43.0 Å². The molecule has 2 nitrogen and oxygen atoms in total. The van der Waals surface area contributed by atoms with E-state index >= 15 is 0 Å². The average Bonchev–Trinajstić information content (AvgIpc) is 3.36. The van der Waals surface area contributed by atoms with E-state index in [2.05, 4.69) is 218 Å². The molecule has 0 saturated carbocycles. The maximum atomic E-state index is 6.09. The summed E-state index contributed by atoms with van der Waals surface area (Å²) in [6.45, 7) is 0. The SMILES string of the molecule is C(#Cc1cc(C#Cc2ccccc2)c(N=P(c2ccccc2)(c2ccccc2)c2ccccc2)cc1N=P(c1ccccc1)(c1ccccc1)c1ccccc1)c1ccccc1. The fourth-order valence-electron chi connectivity index (χ4n) is 7.69. The molecule has 0 amide bonds. The van der Waals surface area contributed by atoms with E-state index in [-0.39, 0.29) is 0 Å². The lowest BCUT2D eigenvalue weighted by Crippen LogP contribution is -2.25. The van der Waals surface area contributed by atoms with Gasteiger partial charge in [0.15, 0.2) is 0 Å². The summed E-state index contributed by atoms with van der Waals surface area (Å²) in [5.74, 6) is 14.2. The molecule has 0 bridgehead atoms. The van der Waals surface area contributed by atoms with Crippen molar-refractivity contribution in [3.8, 4) is 23.7 Å². The third kappa shape index (κ3) is 8.45. The third-order valence-corrected chi connectivity index (χ3v) is 17.9. The molecule has 0 unspecified atom stereocenters. The van der Waals surface area contributed by atoms with Crippen LogP contribution in [0.3, 0.4) is 0 Å². The van der Waals surface area contributed by atoms with Crippen LogP contribution >= 0.6 is 14.1 Å². The van der Waals surface area contributed by atoms with Gasteiger partial charge in [-0.25, -0.2) is 0 Å². The molecule has 0 aliphatic rings. The summed E-state index contributed by atoms with van der Waals surface area (Å²) in [6.07, 6.45) is 0. The van der Waals surface area contributed by atoms with Crippen molar-refractivity contribution in [1.29, 1.82) is 0 Å². The van der Waals surface area contributed by atoms with Crippen molar-refractivity contribution < 1.29 is 0 Å². The molecule has 0 spiro atoms. The second kappa shape index (κ2) is 18.9. The zero-order valence-electron chi connectivity index (χ0n) is 34.0. The second-order valence-electron chi connectivity index (χ2n) is 14.6. The monoisotopic (exact) mass is 828 g/mol. The van der Waals surface area contributed by atoms with Gasteiger partial charge in [-0.1, -0.05) is 242 Å². The first-order valence-electron chi connectivity index (χ1n) is 20.6. The summed E-state index contributed by atoms with van der Waals surface area (Å²) in [5.41, 5.74) is 4.91. The molecule has 0 N–H and O–H groups in total. The highest BCUT2D eigenvalue weighted by atomic mass is 31.2. The van der Waals surface area contributed by atoms with Crippen molar-refractivity contribution in [1.82, 2.24) is 0 Å². The average molecular weight is 829 g/mol. The molecule has 9 aromatic rings. The van der Waals surface area contributed by atoms with Crippen LogP contribution in [0.15, 0.2) is 264 Å². The van der Waals surface area contributed by atoms with Crippen LogP contribution < -0.4 is 31.8 Å². The van der Waals surface area contributed by atoms with Gasteiger partial charge in [-0.05, 0) is 36.4 Å². The maximum Gasteiger partial charge on any atom is 0.0804 e. The first-order chi connectivity index (χ1) is 30.7. The van der Waals surface area contributed by atoms with E-state index in [0.29, 0.717) is 0 Å². The van der Waals surface area contributed by atoms with Crippen LogP contribution in [0.1, 0.15) is 22.3 Å². The maximum absolute atomic E-state index is 6.09. The lowest BCUT2D eigenvalue weighted by Gasteiger charge is -2.28. The Kier molecular flexibility index (Phi) is 12.2. The van der Waals surface area contributed by atoms with Crippen LogP contribution in [0.2, 0.25) is 0 Å². The second-order valence-corrected chi connectivity index (χ2v) is 20.6. The Balaban J connectivity index is 1.47. The van der Waals surface area contributed by atoms with E-state index in [9.17, 15) is 0 Å². The summed E-state index contributed by atoms with van der Waals surface area (Å²) >= 11 is 0. The van der Waals surface area contributed by atoms with Gasteiger partial charge in [0.25, 0.3) is 0 Å². The molecule has 0 aliphatic heterocycles. The Morgan fingerprint density at radius 2 is 0.468 bits per heavy atom. The molecule has 9 rings (SSSR count). The highest BCUT2D eigenvalue weighted by Crippen LogP contribution is 2.53. The van der Waals surface area contributed by atoms with Gasteiger partial charge in [-0.2, -0.15) is 0 Å². The van der Waals surface area contributed by atoms with E-state index in [1.165, 1.54) is 0 Å². The molecular weight excluding hydrogens is 787 g/mol. The summed E-state index contributed by atoms with van der Waals surface area (Å²) in [4.78, 5) is 0. The Morgan fingerprint density at radius 1 is 0.242 bits per heavy atom. The minimum atomic E-state index is -2.73. The third-order valence-electron chi connectivity index (χ3n) is 10.6. The number of benzene rings is 9. The van der Waals surface area contributed by atoms with Crippen LogP contribution in [-0.2, 0) is 0 Å². The van der Waals surface area contributed by atoms with Gasteiger partial charge in [-0.15, -0.1) is 0 Å². The molecule has 0 heterocycles. The summed E-state index contributed by atoms with van der Waals surface area (Å²) in [5, 5.41) is 6.86. The summed E-state index contributed by atoms with van der Waals surface area (Å²) in [6, 6.07) is 88.9. The van der Waals surface area contributed by atoms with Gasteiger partial charge in [0.2, 0.25) is 0 Å². The van der Waals surface area contributed by atoms with Crippen LogP contribution in [0.25, 0.3) is 0 Å².